The number of carbonyl (C=O) groups excluding carboxylic acids is 1. The maximum Gasteiger partial charge on any atom is 0.220 e. The van der Waals surface area contributed by atoms with Gasteiger partial charge in [-0.25, -0.2) is 0 Å². The summed E-state index contributed by atoms with van der Waals surface area (Å²) in [4.78, 5) is 16.8. The summed E-state index contributed by atoms with van der Waals surface area (Å²) >= 11 is 0. The van der Waals surface area contributed by atoms with E-state index in [0.717, 1.165) is 24.1 Å². The van der Waals surface area contributed by atoms with Crippen molar-refractivity contribution < 1.29 is 4.79 Å². The molecule has 1 aromatic carbocycles. The number of benzene rings is 1. The number of nitrogens with one attached hydrogen (secondary N) is 1. The van der Waals surface area contributed by atoms with Gasteiger partial charge in [-0.2, -0.15) is 0 Å². The van der Waals surface area contributed by atoms with Gasteiger partial charge in [-0.3, -0.25) is 9.78 Å². The van der Waals surface area contributed by atoms with Crippen LogP contribution in [0.4, 0.5) is 0 Å². The Bertz CT molecular complexity index is 650. The van der Waals surface area contributed by atoms with E-state index in [1.807, 2.05) is 30.5 Å². The lowest BCUT2D eigenvalue weighted by molar-refractivity contribution is -0.122. The minimum atomic E-state index is 0.0837. The molecular formula is C20H24N2O. The standard InChI is InChI=1S/C20H24N2O/c1-15-7-6-14-21-19(15)20(17-12-13-17)22-18(23)11-5-10-16-8-3-2-4-9-16/h2-4,6-9,14,17,20H,5,10-13H2,1H3,(H,22,23). The Morgan fingerprint density at radius 2 is 2.00 bits per heavy atom. The molecule has 23 heavy (non-hydrogen) atoms. The highest BCUT2D eigenvalue weighted by molar-refractivity contribution is 5.76. The van der Waals surface area contributed by atoms with Crippen molar-refractivity contribution >= 4 is 5.91 Å². The maximum atomic E-state index is 12.3. The third kappa shape index (κ3) is 4.41. The summed E-state index contributed by atoms with van der Waals surface area (Å²) in [6.45, 7) is 2.07. The fourth-order valence-corrected chi connectivity index (χ4v) is 3.01. The van der Waals surface area contributed by atoms with Crippen LogP contribution in [-0.2, 0) is 11.2 Å². The van der Waals surface area contributed by atoms with E-state index in [1.54, 1.807) is 0 Å². The van der Waals surface area contributed by atoms with Crippen LogP contribution in [0.2, 0.25) is 0 Å². The summed E-state index contributed by atoms with van der Waals surface area (Å²) in [5.41, 5.74) is 3.49. The van der Waals surface area contributed by atoms with Gasteiger partial charge in [0.2, 0.25) is 5.91 Å². The summed E-state index contributed by atoms with van der Waals surface area (Å²) in [7, 11) is 0. The van der Waals surface area contributed by atoms with E-state index < -0.39 is 0 Å². The topological polar surface area (TPSA) is 42.0 Å². The molecule has 1 fully saturated rings. The number of rotatable bonds is 7. The van der Waals surface area contributed by atoms with Gasteiger partial charge < -0.3 is 5.32 Å². The Hall–Kier alpha value is -2.16. The number of carbonyl (C=O) groups is 1. The fourth-order valence-electron chi connectivity index (χ4n) is 3.01. The summed E-state index contributed by atoms with van der Waals surface area (Å²) in [6, 6.07) is 14.4. The van der Waals surface area contributed by atoms with Crippen molar-refractivity contribution in [3.8, 4) is 0 Å². The number of pyridine rings is 1. The zero-order valence-corrected chi connectivity index (χ0v) is 13.7. The van der Waals surface area contributed by atoms with E-state index in [0.29, 0.717) is 12.3 Å². The largest absolute Gasteiger partial charge is 0.347 e. The van der Waals surface area contributed by atoms with Crippen molar-refractivity contribution in [1.29, 1.82) is 0 Å². The first-order valence-electron chi connectivity index (χ1n) is 8.49. The lowest BCUT2D eigenvalue weighted by Crippen LogP contribution is -2.30. The molecule has 0 saturated heterocycles. The van der Waals surface area contributed by atoms with Gasteiger partial charge in [-0.15, -0.1) is 0 Å². The zero-order chi connectivity index (χ0) is 16.1. The molecule has 0 radical (unpaired) electrons. The lowest BCUT2D eigenvalue weighted by atomic mass is 10.0. The Labute approximate surface area is 138 Å². The number of nitrogens with zero attached hydrogens (tertiary/aromatic N) is 1. The molecule has 1 saturated carbocycles. The van der Waals surface area contributed by atoms with Crippen molar-refractivity contribution in [3.63, 3.8) is 0 Å². The Kier molecular flexibility index (Phi) is 5.06. The molecule has 0 bridgehead atoms. The zero-order valence-electron chi connectivity index (χ0n) is 13.7. The van der Waals surface area contributed by atoms with Crippen LogP contribution in [0.15, 0.2) is 48.7 Å². The minimum absolute atomic E-state index is 0.0837. The molecule has 1 amide bonds. The van der Waals surface area contributed by atoms with Crippen molar-refractivity contribution in [2.24, 2.45) is 5.92 Å². The quantitative estimate of drug-likeness (QED) is 0.840. The van der Waals surface area contributed by atoms with Gasteiger partial charge >= 0.3 is 0 Å². The Morgan fingerprint density at radius 1 is 1.22 bits per heavy atom. The number of aromatic nitrogens is 1. The molecule has 1 unspecified atom stereocenters. The van der Waals surface area contributed by atoms with Gasteiger partial charge in [0.15, 0.2) is 0 Å². The molecule has 1 aliphatic rings. The molecule has 3 nitrogen and oxygen atoms in total. The summed E-state index contributed by atoms with van der Waals surface area (Å²) in [5.74, 6) is 0.699. The second-order valence-corrected chi connectivity index (χ2v) is 6.43. The highest BCUT2D eigenvalue weighted by Crippen LogP contribution is 2.41. The van der Waals surface area contributed by atoms with Crippen LogP contribution in [0.3, 0.4) is 0 Å². The molecular weight excluding hydrogens is 284 g/mol. The van der Waals surface area contributed by atoms with Crippen LogP contribution >= 0.6 is 0 Å². The van der Waals surface area contributed by atoms with Gasteiger partial charge in [-0.05, 0) is 55.7 Å². The van der Waals surface area contributed by atoms with E-state index in [1.165, 1.54) is 18.4 Å². The SMILES string of the molecule is Cc1cccnc1C(NC(=O)CCCc1ccccc1)C1CC1. The Balaban J connectivity index is 1.54. The average Bonchev–Trinajstić information content (AvgIpc) is 3.39. The minimum Gasteiger partial charge on any atom is -0.347 e. The smallest absolute Gasteiger partial charge is 0.220 e. The van der Waals surface area contributed by atoms with E-state index in [2.05, 4.69) is 35.4 Å². The van der Waals surface area contributed by atoms with Crippen molar-refractivity contribution in [2.45, 2.75) is 45.1 Å². The van der Waals surface area contributed by atoms with Crippen LogP contribution in [0, 0.1) is 12.8 Å². The molecule has 1 aromatic heterocycles. The third-order valence-electron chi connectivity index (χ3n) is 4.47. The van der Waals surface area contributed by atoms with Crippen molar-refractivity contribution in [2.75, 3.05) is 0 Å². The van der Waals surface area contributed by atoms with E-state index in [4.69, 9.17) is 0 Å². The molecule has 1 atom stereocenters. The third-order valence-corrected chi connectivity index (χ3v) is 4.47. The monoisotopic (exact) mass is 308 g/mol. The highest BCUT2D eigenvalue weighted by Gasteiger charge is 2.34. The van der Waals surface area contributed by atoms with E-state index in [-0.39, 0.29) is 11.9 Å². The van der Waals surface area contributed by atoms with Crippen molar-refractivity contribution in [1.82, 2.24) is 10.3 Å². The Morgan fingerprint density at radius 3 is 2.70 bits per heavy atom. The summed E-state index contributed by atoms with van der Waals surface area (Å²) < 4.78 is 0. The summed E-state index contributed by atoms with van der Waals surface area (Å²) in [6.07, 6.45) is 6.60. The van der Waals surface area contributed by atoms with Crippen LogP contribution in [0.5, 0.6) is 0 Å². The molecule has 0 spiro atoms. The van der Waals surface area contributed by atoms with Gasteiger partial charge in [-0.1, -0.05) is 36.4 Å². The molecule has 3 heteroatoms. The molecule has 120 valence electrons. The molecule has 1 heterocycles. The number of hydrogen-bond donors (Lipinski definition) is 1. The molecule has 2 aromatic rings. The predicted molar refractivity (Wildman–Crippen MR) is 92.0 cm³/mol. The van der Waals surface area contributed by atoms with E-state index >= 15 is 0 Å². The summed E-state index contributed by atoms with van der Waals surface area (Å²) in [5, 5.41) is 3.22. The van der Waals surface area contributed by atoms with Crippen molar-refractivity contribution in [3.05, 3.63) is 65.5 Å². The van der Waals surface area contributed by atoms with Crippen LogP contribution in [0.1, 0.15) is 48.5 Å². The second kappa shape index (κ2) is 7.40. The molecule has 1 aliphatic carbocycles. The highest BCUT2D eigenvalue weighted by atomic mass is 16.1. The first kappa shape index (κ1) is 15.7. The number of amides is 1. The normalized spacial score (nSPS) is 15.2. The molecule has 1 N–H and O–H groups in total. The van der Waals surface area contributed by atoms with Gasteiger partial charge in [0.05, 0.1) is 11.7 Å². The average molecular weight is 308 g/mol. The second-order valence-electron chi connectivity index (χ2n) is 6.43. The number of hydrogen-bond acceptors (Lipinski definition) is 2. The lowest BCUT2D eigenvalue weighted by Gasteiger charge is -2.19. The first-order chi connectivity index (χ1) is 11.2. The van der Waals surface area contributed by atoms with Crippen LogP contribution in [-0.4, -0.2) is 10.9 Å². The van der Waals surface area contributed by atoms with E-state index in [9.17, 15) is 4.79 Å². The van der Waals surface area contributed by atoms with Gasteiger partial charge in [0.25, 0.3) is 0 Å². The van der Waals surface area contributed by atoms with Gasteiger partial charge in [0.1, 0.15) is 0 Å². The molecule has 3 rings (SSSR count). The maximum absolute atomic E-state index is 12.3. The molecule has 0 aliphatic heterocycles. The fraction of sp³-hybridized carbons (Fsp3) is 0.400. The van der Waals surface area contributed by atoms with Gasteiger partial charge in [0, 0.05) is 12.6 Å². The first-order valence-corrected chi connectivity index (χ1v) is 8.49. The van der Waals surface area contributed by atoms with Crippen LogP contribution in [0.25, 0.3) is 0 Å². The predicted octanol–water partition coefficient (Wildman–Crippen LogP) is 3.98. The number of aryl methyl sites for hydroxylation is 2. The van der Waals surface area contributed by atoms with Crippen LogP contribution < -0.4 is 5.32 Å².